The second-order valence-electron chi connectivity index (χ2n) is 8.33. The Balaban J connectivity index is 2.58. The normalized spacial score (nSPS) is 16.6. The number of nitrogens with one attached hydrogen (secondary N) is 1. The summed E-state index contributed by atoms with van der Waals surface area (Å²) in [6, 6.07) is -0.166. The summed E-state index contributed by atoms with van der Waals surface area (Å²) in [5, 5.41) is 12.2. The second kappa shape index (κ2) is 11.6. The molecule has 0 radical (unpaired) electrons. The van der Waals surface area contributed by atoms with Crippen LogP contribution in [0.1, 0.15) is 66.2 Å². The van der Waals surface area contributed by atoms with Crippen LogP contribution >= 0.6 is 11.8 Å². The molecule has 27 heavy (non-hydrogen) atoms. The molecule has 1 aliphatic rings. The lowest BCUT2D eigenvalue weighted by molar-refractivity contribution is -0.144. The minimum atomic E-state index is -0.860. The Hall–Kier alpha value is -1.24. The van der Waals surface area contributed by atoms with Crippen LogP contribution in [0.25, 0.3) is 0 Å². The standard InChI is InChI=1S/C20H36N2O4S/c1-15(18(24)25)20(3,4)14-21-19(26)22(12-13-27-16(2)23)11-10-17-8-6-5-7-9-17/h15,17H,5-14H2,1-4H3,(H,21,26)(H,24,25)/t15-/m0/s1. The Morgan fingerprint density at radius 1 is 1.19 bits per heavy atom. The molecule has 156 valence electrons. The van der Waals surface area contributed by atoms with E-state index in [2.05, 4.69) is 5.32 Å². The van der Waals surface area contributed by atoms with Crippen LogP contribution in [0.15, 0.2) is 0 Å². The first-order valence-corrected chi connectivity index (χ1v) is 11.0. The van der Waals surface area contributed by atoms with Crippen molar-refractivity contribution in [3.05, 3.63) is 0 Å². The van der Waals surface area contributed by atoms with Crippen molar-refractivity contribution in [2.75, 3.05) is 25.4 Å². The van der Waals surface area contributed by atoms with E-state index in [0.717, 1.165) is 6.42 Å². The summed E-state index contributed by atoms with van der Waals surface area (Å²) in [5.74, 6) is -0.150. The number of nitrogens with zero attached hydrogens (tertiary/aromatic N) is 1. The van der Waals surface area contributed by atoms with E-state index in [1.807, 2.05) is 13.8 Å². The molecule has 0 spiro atoms. The highest BCUT2D eigenvalue weighted by Crippen LogP contribution is 2.27. The third kappa shape index (κ3) is 9.00. The molecule has 0 unspecified atom stereocenters. The van der Waals surface area contributed by atoms with Crippen molar-refractivity contribution in [3.63, 3.8) is 0 Å². The van der Waals surface area contributed by atoms with Gasteiger partial charge in [0.2, 0.25) is 0 Å². The molecule has 0 aliphatic heterocycles. The average molecular weight is 401 g/mol. The highest BCUT2D eigenvalue weighted by molar-refractivity contribution is 8.13. The minimum Gasteiger partial charge on any atom is -0.481 e. The number of amides is 2. The number of aliphatic carboxylic acids is 1. The van der Waals surface area contributed by atoms with Crippen LogP contribution in [0.2, 0.25) is 0 Å². The fourth-order valence-corrected chi connectivity index (χ4v) is 3.93. The lowest BCUT2D eigenvalue weighted by Gasteiger charge is -2.31. The molecule has 6 nitrogen and oxygen atoms in total. The van der Waals surface area contributed by atoms with Gasteiger partial charge in [0.25, 0.3) is 0 Å². The number of carbonyl (C=O) groups is 3. The van der Waals surface area contributed by atoms with Crippen molar-refractivity contribution in [1.29, 1.82) is 0 Å². The molecular formula is C20H36N2O4S. The summed E-state index contributed by atoms with van der Waals surface area (Å²) in [6.07, 6.45) is 7.33. The van der Waals surface area contributed by atoms with E-state index in [9.17, 15) is 19.5 Å². The van der Waals surface area contributed by atoms with Gasteiger partial charge >= 0.3 is 12.0 Å². The lowest BCUT2D eigenvalue weighted by Crippen LogP contribution is -2.47. The third-order valence-electron chi connectivity index (χ3n) is 5.72. The van der Waals surface area contributed by atoms with Crippen LogP contribution < -0.4 is 5.32 Å². The maximum atomic E-state index is 12.7. The van der Waals surface area contributed by atoms with Gasteiger partial charge in [0.15, 0.2) is 5.12 Å². The van der Waals surface area contributed by atoms with Gasteiger partial charge in [0.1, 0.15) is 0 Å². The van der Waals surface area contributed by atoms with Crippen LogP contribution in [-0.2, 0) is 9.59 Å². The zero-order chi connectivity index (χ0) is 20.4. The van der Waals surface area contributed by atoms with Crippen molar-refractivity contribution in [2.45, 2.75) is 66.2 Å². The summed E-state index contributed by atoms with van der Waals surface area (Å²) in [6.45, 7) is 8.42. The summed E-state index contributed by atoms with van der Waals surface area (Å²) in [5.41, 5.74) is -0.537. The smallest absolute Gasteiger partial charge is 0.317 e. The van der Waals surface area contributed by atoms with E-state index in [4.69, 9.17) is 0 Å². The number of rotatable bonds is 10. The van der Waals surface area contributed by atoms with Gasteiger partial charge in [-0.25, -0.2) is 4.79 Å². The fraction of sp³-hybridized carbons (Fsp3) is 0.850. The van der Waals surface area contributed by atoms with Crippen LogP contribution in [-0.4, -0.2) is 52.5 Å². The first-order chi connectivity index (χ1) is 12.6. The quantitative estimate of drug-likeness (QED) is 0.579. The molecule has 1 fully saturated rings. The molecule has 0 saturated heterocycles. The van der Waals surface area contributed by atoms with Crippen molar-refractivity contribution in [2.24, 2.45) is 17.3 Å². The number of thioether (sulfide) groups is 1. The maximum Gasteiger partial charge on any atom is 0.317 e. The number of urea groups is 1. The van der Waals surface area contributed by atoms with Crippen LogP contribution in [0.3, 0.4) is 0 Å². The molecule has 2 N–H and O–H groups in total. The second-order valence-corrected chi connectivity index (χ2v) is 9.60. The molecule has 1 atom stereocenters. The third-order valence-corrected chi connectivity index (χ3v) is 6.52. The van der Waals surface area contributed by atoms with Gasteiger partial charge in [-0.05, 0) is 17.8 Å². The summed E-state index contributed by atoms with van der Waals surface area (Å²) in [7, 11) is 0. The van der Waals surface area contributed by atoms with E-state index < -0.39 is 17.3 Å². The first kappa shape index (κ1) is 23.8. The maximum absolute atomic E-state index is 12.7. The van der Waals surface area contributed by atoms with E-state index in [1.165, 1.54) is 50.8 Å². The Morgan fingerprint density at radius 3 is 2.37 bits per heavy atom. The van der Waals surface area contributed by atoms with Gasteiger partial charge < -0.3 is 15.3 Å². The van der Waals surface area contributed by atoms with Gasteiger partial charge in [-0.2, -0.15) is 0 Å². The molecule has 1 rings (SSSR count). The molecular weight excluding hydrogens is 364 g/mol. The number of carboxylic acids is 1. The van der Waals surface area contributed by atoms with Gasteiger partial charge in [-0.1, -0.05) is 64.6 Å². The van der Waals surface area contributed by atoms with E-state index >= 15 is 0 Å². The molecule has 1 saturated carbocycles. The summed E-state index contributed by atoms with van der Waals surface area (Å²) < 4.78 is 0. The van der Waals surface area contributed by atoms with Crippen LogP contribution in [0.5, 0.6) is 0 Å². The van der Waals surface area contributed by atoms with Crippen molar-refractivity contribution in [3.8, 4) is 0 Å². The average Bonchev–Trinajstić information content (AvgIpc) is 2.62. The van der Waals surface area contributed by atoms with Gasteiger partial charge in [0, 0.05) is 32.3 Å². The minimum absolute atomic E-state index is 0.0547. The molecule has 0 bridgehead atoms. The summed E-state index contributed by atoms with van der Waals surface area (Å²) in [4.78, 5) is 36.9. The number of hydrogen-bond acceptors (Lipinski definition) is 4. The molecule has 0 aromatic heterocycles. The van der Waals surface area contributed by atoms with E-state index in [-0.39, 0.29) is 11.1 Å². The number of carbonyl (C=O) groups excluding carboxylic acids is 2. The Bertz CT molecular complexity index is 504. The predicted molar refractivity (Wildman–Crippen MR) is 110 cm³/mol. The first-order valence-electron chi connectivity index (χ1n) is 10.0. The largest absolute Gasteiger partial charge is 0.481 e. The van der Waals surface area contributed by atoms with Gasteiger partial charge in [-0.3, -0.25) is 9.59 Å². The Kier molecular flexibility index (Phi) is 10.2. The van der Waals surface area contributed by atoms with E-state index in [1.54, 1.807) is 11.8 Å². The molecule has 0 heterocycles. The zero-order valence-electron chi connectivity index (χ0n) is 17.3. The zero-order valence-corrected chi connectivity index (χ0v) is 18.1. The Morgan fingerprint density at radius 2 is 1.81 bits per heavy atom. The monoisotopic (exact) mass is 400 g/mol. The topological polar surface area (TPSA) is 86.7 Å². The Labute approximate surface area is 167 Å². The molecule has 2 amide bonds. The SMILES string of the molecule is CC(=O)SCCN(CCC1CCCCC1)C(=O)NCC(C)(C)[C@@H](C)C(=O)O. The van der Waals surface area contributed by atoms with Gasteiger partial charge in [0.05, 0.1) is 5.92 Å². The number of hydrogen-bond donors (Lipinski definition) is 2. The molecule has 0 aromatic rings. The molecule has 1 aliphatic carbocycles. The highest BCUT2D eigenvalue weighted by Gasteiger charge is 2.32. The van der Waals surface area contributed by atoms with Gasteiger partial charge in [-0.15, -0.1) is 0 Å². The number of carboxylic acid groups (broad SMARTS) is 1. The fourth-order valence-electron chi connectivity index (χ4n) is 3.33. The molecule has 7 heteroatoms. The summed E-state index contributed by atoms with van der Waals surface area (Å²) >= 11 is 1.23. The van der Waals surface area contributed by atoms with Crippen molar-refractivity contribution in [1.82, 2.24) is 10.2 Å². The van der Waals surface area contributed by atoms with Crippen LogP contribution in [0.4, 0.5) is 4.79 Å². The van der Waals surface area contributed by atoms with Crippen molar-refractivity contribution < 1.29 is 19.5 Å². The highest BCUT2D eigenvalue weighted by atomic mass is 32.2. The van der Waals surface area contributed by atoms with Crippen molar-refractivity contribution >= 4 is 28.9 Å². The lowest BCUT2D eigenvalue weighted by atomic mass is 9.80. The predicted octanol–water partition coefficient (Wildman–Crippen LogP) is 4.00. The van der Waals surface area contributed by atoms with E-state index in [0.29, 0.717) is 31.3 Å². The molecule has 0 aromatic carbocycles. The van der Waals surface area contributed by atoms with Crippen LogP contribution in [0, 0.1) is 17.3 Å².